The van der Waals surface area contributed by atoms with Gasteiger partial charge in [0, 0.05) is 18.8 Å². The second-order valence-corrected chi connectivity index (χ2v) is 6.27. The Hall–Kier alpha value is -1.36. The van der Waals surface area contributed by atoms with Crippen molar-refractivity contribution < 1.29 is 9.53 Å². The van der Waals surface area contributed by atoms with E-state index in [0.717, 1.165) is 19.4 Å². The van der Waals surface area contributed by atoms with Crippen molar-refractivity contribution in [2.24, 2.45) is 0 Å². The predicted octanol–water partition coefficient (Wildman–Crippen LogP) is 2.25. The minimum absolute atomic E-state index is 0.0675. The van der Waals surface area contributed by atoms with Gasteiger partial charge in [-0.15, -0.1) is 0 Å². The first-order valence-corrected chi connectivity index (χ1v) is 7.57. The monoisotopic (exact) mass is 277 g/mol. The number of nitrogens with zero attached hydrogens (tertiary/aromatic N) is 3. The lowest BCUT2D eigenvalue weighted by Gasteiger charge is -2.40. The fourth-order valence-corrected chi connectivity index (χ4v) is 3.25. The summed E-state index contributed by atoms with van der Waals surface area (Å²) in [5.41, 5.74) is 0.621. The fraction of sp³-hybridized carbons (Fsp3) is 0.733. The van der Waals surface area contributed by atoms with Crippen LogP contribution in [-0.2, 0) is 4.74 Å². The molecular weight excluding hydrogens is 254 g/mol. The molecule has 20 heavy (non-hydrogen) atoms. The molecule has 1 saturated heterocycles. The van der Waals surface area contributed by atoms with Gasteiger partial charge in [0.25, 0.3) is 5.91 Å². The van der Waals surface area contributed by atoms with Crippen molar-refractivity contribution in [3.05, 3.63) is 18.0 Å². The number of morpholine rings is 1. The topological polar surface area (TPSA) is 47.4 Å². The van der Waals surface area contributed by atoms with Crippen molar-refractivity contribution >= 4 is 5.91 Å². The molecule has 0 aromatic carbocycles. The molecule has 2 aliphatic rings. The number of amides is 1. The van der Waals surface area contributed by atoms with Crippen molar-refractivity contribution in [1.82, 2.24) is 14.7 Å². The Labute approximate surface area is 119 Å². The van der Waals surface area contributed by atoms with Gasteiger partial charge in [-0.25, -0.2) is 0 Å². The molecule has 5 heteroatoms. The molecule has 3 rings (SSSR count). The van der Waals surface area contributed by atoms with Gasteiger partial charge in [-0.1, -0.05) is 12.8 Å². The summed E-state index contributed by atoms with van der Waals surface area (Å²) in [6.45, 7) is 6.20. The van der Waals surface area contributed by atoms with E-state index in [2.05, 4.69) is 18.9 Å². The van der Waals surface area contributed by atoms with Gasteiger partial charge >= 0.3 is 0 Å². The Morgan fingerprint density at radius 2 is 2.15 bits per heavy atom. The largest absolute Gasteiger partial charge is 0.371 e. The summed E-state index contributed by atoms with van der Waals surface area (Å²) in [4.78, 5) is 14.5. The highest BCUT2D eigenvalue weighted by atomic mass is 16.5. The Balaban J connectivity index is 1.72. The summed E-state index contributed by atoms with van der Waals surface area (Å²) in [7, 11) is 0. The Morgan fingerprint density at radius 1 is 1.40 bits per heavy atom. The summed E-state index contributed by atoms with van der Waals surface area (Å²) >= 11 is 0. The van der Waals surface area contributed by atoms with Crippen molar-refractivity contribution in [3.8, 4) is 0 Å². The molecule has 0 N–H and O–H groups in total. The highest BCUT2D eigenvalue weighted by Gasteiger charge is 2.40. The number of hydrogen-bond acceptors (Lipinski definition) is 3. The standard InChI is InChI=1S/C15H23N3O2/c1-12(2)18-10-13(9-16-18)14(19)17-7-8-20-15(11-17)5-3-4-6-15/h9-10,12H,3-8,11H2,1-2H3. The summed E-state index contributed by atoms with van der Waals surface area (Å²) in [5, 5.41) is 4.26. The van der Waals surface area contributed by atoms with Crippen molar-refractivity contribution in [1.29, 1.82) is 0 Å². The molecule has 1 aromatic rings. The van der Waals surface area contributed by atoms with Crippen LogP contribution in [0.1, 0.15) is 55.9 Å². The van der Waals surface area contributed by atoms with Gasteiger partial charge in [0.2, 0.25) is 0 Å². The Bertz CT molecular complexity index is 489. The van der Waals surface area contributed by atoms with Crippen LogP contribution in [-0.4, -0.2) is 45.9 Å². The summed E-state index contributed by atoms with van der Waals surface area (Å²) in [6, 6.07) is 0.280. The number of carbonyl (C=O) groups is 1. The van der Waals surface area contributed by atoms with Crippen LogP contribution in [0.2, 0.25) is 0 Å². The van der Waals surface area contributed by atoms with Gasteiger partial charge in [0.15, 0.2) is 0 Å². The third-order valence-electron chi connectivity index (χ3n) is 4.43. The molecule has 1 saturated carbocycles. The van der Waals surface area contributed by atoms with Gasteiger partial charge in [-0.3, -0.25) is 9.48 Å². The van der Waals surface area contributed by atoms with Gasteiger partial charge in [-0.2, -0.15) is 5.10 Å². The van der Waals surface area contributed by atoms with Crippen molar-refractivity contribution in [3.63, 3.8) is 0 Å². The first-order chi connectivity index (χ1) is 9.60. The molecule has 5 nitrogen and oxygen atoms in total. The Morgan fingerprint density at radius 3 is 2.80 bits per heavy atom. The highest BCUT2D eigenvalue weighted by Crippen LogP contribution is 2.36. The lowest BCUT2D eigenvalue weighted by atomic mass is 9.99. The molecular formula is C15H23N3O2. The van der Waals surface area contributed by atoms with Crippen LogP contribution in [0.25, 0.3) is 0 Å². The molecule has 2 fully saturated rings. The first-order valence-electron chi connectivity index (χ1n) is 7.57. The van der Waals surface area contributed by atoms with E-state index in [1.165, 1.54) is 12.8 Å². The molecule has 1 aliphatic carbocycles. The zero-order valence-corrected chi connectivity index (χ0v) is 12.3. The number of rotatable bonds is 2. The predicted molar refractivity (Wildman–Crippen MR) is 75.7 cm³/mol. The third kappa shape index (κ3) is 2.46. The summed E-state index contributed by atoms with van der Waals surface area (Å²) in [5.74, 6) is 0.0893. The number of hydrogen-bond donors (Lipinski definition) is 0. The molecule has 0 radical (unpaired) electrons. The van der Waals surface area contributed by atoms with Crippen LogP contribution in [0.5, 0.6) is 0 Å². The highest BCUT2D eigenvalue weighted by molar-refractivity contribution is 5.93. The summed E-state index contributed by atoms with van der Waals surface area (Å²) < 4.78 is 7.80. The van der Waals surface area contributed by atoms with Gasteiger partial charge in [-0.05, 0) is 26.7 Å². The quantitative estimate of drug-likeness (QED) is 0.833. The van der Waals surface area contributed by atoms with E-state index in [0.29, 0.717) is 18.7 Å². The minimum Gasteiger partial charge on any atom is -0.371 e. The summed E-state index contributed by atoms with van der Waals surface area (Å²) in [6.07, 6.45) is 8.13. The third-order valence-corrected chi connectivity index (χ3v) is 4.43. The van der Waals surface area contributed by atoms with Crippen molar-refractivity contribution in [2.75, 3.05) is 19.7 Å². The van der Waals surface area contributed by atoms with E-state index >= 15 is 0 Å². The van der Waals surface area contributed by atoms with Crippen molar-refractivity contribution in [2.45, 2.75) is 51.2 Å². The maximum absolute atomic E-state index is 12.6. The molecule has 1 aliphatic heterocycles. The molecule has 1 spiro atoms. The van der Waals surface area contributed by atoms with Crippen LogP contribution in [0, 0.1) is 0 Å². The molecule has 110 valence electrons. The molecule has 1 aromatic heterocycles. The van der Waals surface area contributed by atoms with E-state index in [9.17, 15) is 4.79 Å². The smallest absolute Gasteiger partial charge is 0.257 e. The van der Waals surface area contributed by atoms with E-state index in [-0.39, 0.29) is 17.6 Å². The van der Waals surface area contributed by atoms with E-state index in [1.807, 2.05) is 15.8 Å². The zero-order valence-electron chi connectivity index (χ0n) is 12.3. The molecule has 1 amide bonds. The van der Waals surface area contributed by atoms with Crippen LogP contribution < -0.4 is 0 Å². The second kappa shape index (κ2) is 5.20. The maximum Gasteiger partial charge on any atom is 0.257 e. The first kappa shape index (κ1) is 13.6. The normalized spacial score (nSPS) is 21.9. The molecule has 2 heterocycles. The average Bonchev–Trinajstić information content (AvgIpc) is 3.08. The average molecular weight is 277 g/mol. The van der Waals surface area contributed by atoms with Crippen LogP contribution >= 0.6 is 0 Å². The number of carbonyl (C=O) groups excluding carboxylic acids is 1. The lowest BCUT2D eigenvalue weighted by Crippen LogP contribution is -2.52. The number of aromatic nitrogens is 2. The Kier molecular flexibility index (Phi) is 3.54. The molecule has 0 atom stereocenters. The zero-order chi connectivity index (χ0) is 14.2. The minimum atomic E-state index is -0.0675. The van der Waals surface area contributed by atoms with Crippen LogP contribution in [0.3, 0.4) is 0 Å². The molecule has 0 unspecified atom stereocenters. The van der Waals surface area contributed by atoms with E-state index in [1.54, 1.807) is 6.20 Å². The SMILES string of the molecule is CC(C)n1cc(C(=O)N2CCOC3(CCCC3)C2)cn1. The second-order valence-electron chi connectivity index (χ2n) is 6.27. The van der Waals surface area contributed by atoms with E-state index in [4.69, 9.17) is 4.74 Å². The van der Waals surface area contributed by atoms with Crippen LogP contribution in [0.15, 0.2) is 12.4 Å². The lowest BCUT2D eigenvalue weighted by molar-refractivity contribution is -0.0948. The van der Waals surface area contributed by atoms with E-state index < -0.39 is 0 Å². The number of ether oxygens (including phenoxy) is 1. The maximum atomic E-state index is 12.6. The van der Waals surface area contributed by atoms with Crippen LogP contribution in [0.4, 0.5) is 0 Å². The van der Waals surface area contributed by atoms with Gasteiger partial charge in [0.1, 0.15) is 0 Å². The fourth-order valence-electron chi connectivity index (χ4n) is 3.25. The van der Waals surface area contributed by atoms with Gasteiger partial charge in [0.05, 0.1) is 30.5 Å². The molecule has 0 bridgehead atoms. The van der Waals surface area contributed by atoms with Gasteiger partial charge < -0.3 is 9.64 Å².